The summed E-state index contributed by atoms with van der Waals surface area (Å²) >= 11 is 0. The summed E-state index contributed by atoms with van der Waals surface area (Å²) in [5.74, 6) is 1.29. The van der Waals surface area contributed by atoms with Crippen LogP contribution in [0.15, 0.2) is 0 Å². The van der Waals surface area contributed by atoms with Crippen LogP contribution in [0.3, 0.4) is 0 Å². The summed E-state index contributed by atoms with van der Waals surface area (Å²) in [7, 11) is 0. The summed E-state index contributed by atoms with van der Waals surface area (Å²) in [6.45, 7) is 7.23. The zero-order valence-electron chi connectivity index (χ0n) is 10.1. The van der Waals surface area contributed by atoms with Crippen molar-refractivity contribution >= 4 is 5.97 Å². The lowest BCUT2D eigenvalue weighted by Crippen LogP contribution is -2.43. The minimum atomic E-state index is -0.136. The van der Waals surface area contributed by atoms with Crippen molar-refractivity contribution in [2.24, 2.45) is 11.8 Å². The normalized spacial score (nSPS) is 31.3. The van der Waals surface area contributed by atoms with Gasteiger partial charge < -0.3 is 10.1 Å². The fraction of sp³-hybridized carbons (Fsp3) is 0.917. The van der Waals surface area contributed by atoms with Crippen molar-refractivity contribution in [3.8, 4) is 0 Å². The molecule has 15 heavy (non-hydrogen) atoms. The standard InChI is InChI=1S/C12H23NO2/c1-4-15-12(14)8-13-11-7-5-6-9(2)10(11)3/h9-11,13H,4-8H2,1-3H3. The molecule has 1 fully saturated rings. The maximum absolute atomic E-state index is 11.2. The van der Waals surface area contributed by atoms with E-state index >= 15 is 0 Å². The predicted octanol–water partition coefficient (Wildman–Crippen LogP) is 1.96. The Morgan fingerprint density at radius 3 is 2.80 bits per heavy atom. The SMILES string of the molecule is CCOC(=O)CNC1CCCC(C)C1C. The highest BCUT2D eigenvalue weighted by molar-refractivity contribution is 5.71. The van der Waals surface area contributed by atoms with Crippen molar-refractivity contribution in [2.45, 2.75) is 46.1 Å². The quantitative estimate of drug-likeness (QED) is 0.726. The first kappa shape index (κ1) is 12.5. The van der Waals surface area contributed by atoms with Gasteiger partial charge in [-0.1, -0.05) is 26.7 Å². The molecule has 3 unspecified atom stereocenters. The second-order valence-electron chi connectivity index (χ2n) is 4.56. The Bertz CT molecular complexity index is 206. The molecule has 0 aromatic heterocycles. The number of carbonyl (C=O) groups excluding carboxylic acids is 1. The number of rotatable bonds is 4. The molecule has 3 heteroatoms. The Hall–Kier alpha value is -0.570. The van der Waals surface area contributed by atoms with Gasteiger partial charge in [0.05, 0.1) is 13.2 Å². The molecule has 0 aromatic carbocycles. The molecule has 3 nitrogen and oxygen atoms in total. The second kappa shape index (κ2) is 6.11. The largest absolute Gasteiger partial charge is 0.465 e. The highest BCUT2D eigenvalue weighted by Crippen LogP contribution is 2.29. The van der Waals surface area contributed by atoms with Crippen molar-refractivity contribution < 1.29 is 9.53 Å². The number of carbonyl (C=O) groups is 1. The number of esters is 1. The van der Waals surface area contributed by atoms with E-state index in [4.69, 9.17) is 4.74 Å². The molecule has 1 N–H and O–H groups in total. The molecular weight excluding hydrogens is 190 g/mol. The first-order valence-electron chi connectivity index (χ1n) is 6.04. The molecule has 0 amide bonds. The maximum atomic E-state index is 11.2. The van der Waals surface area contributed by atoms with Crippen LogP contribution < -0.4 is 5.32 Å². The fourth-order valence-electron chi connectivity index (χ4n) is 2.30. The Balaban J connectivity index is 2.28. The van der Waals surface area contributed by atoms with E-state index in [0.29, 0.717) is 25.1 Å². The van der Waals surface area contributed by atoms with Gasteiger partial charge in [0.1, 0.15) is 0 Å². The number of hydrogen-bond donors (Lipinski definition) is 1. The van der Waals surface area contributed by atoms with Crippen LogP contribution in [0.25, 0.3) is 0 Å². The van der Waals surface area contributed by atoms with E-state index in [9.17, 15) is 4.79 Å². The van der Waals surface area contributed by atoms with E-state index < -0.39 is 0 Å². The Morgan fingerprint density at radius 2 is 2.13 bits per heavy atom. The molecule has 0 radical (unpaired) electrons. The van der Waals surface area contributed by atoms with Gasteiger partial charge in [0.2, 0.25) is 0 Å². The summed E-state index contributed by atoms with van der Waals surface area (Å²) in [6, 6.07) is 0.484. The van der Waals surface area contributed by atoms with Crippen LogP contribution in [0.4, 0.5) is 0 Å². The third-order valence-corrected chi connectivity index (χ3v) is 3.52. The third-order valence-electron chi connectivity index (χ3n) is 3.52. The molecule has 1 rings (SSSR count). The fourth-order valence-corrected chi connectivity index (χ4v) is 2.30. The van der Waals surface area contributed by atoms with Gasteiger partial charge in [0.15, 0.2) is 0 Å². The molecule has 0 heterocycles. The van der Waals surface area contributed by atoms with E-state index in [1.165, 1.54) is 19.3 Å². The van der Waals surface area contributed by atoms with Gasteiger partial charge in [-0.15, -0.1) is 0 Å². The molecular formula is C12H23NO2. The van der Waals surface area contributed by atoms with Crippen molar-refractivity contribution in [3.05, 3.63) is 0 Å². The topological polar surface area (TPSA) is 38.3 Å². The Labute approximate surface area is 92.6 Å². The van der Waals surface area contributed by atoms with Crippen molar-refractivity contribution in [2.75, 3.05) is 13.2 Å². The van der Waals surface area contributed by atoms with Crippen LogP contribution in [0.1, 0.15) is 40.0 Å². The van der Waals surface area contributed by atoms with Crippen molar-refractivity contribution in [1.29, 1.82) is 0 Å². The highest BCUT2D eigenvalue weighted by Gasteiger charge is 2.26. The monoisotopic (exact) mass is 213 g/mol. The molecule has 0 bridgehead atoms. The zero-order valence-corrected chi connectivity index (χ0v) is 10.1. The minimum absolute atomic E-state index is 0.136. The van der Waals surface area contributed by atoms with Gasteiger partial charge in [0.25, 0.3) is 0 Å². The average Bonchev–Trinajstić information content (AvgIpc) is 2.21. The van der Waals surface area contributed by atoms with Gasteiger partial charge in [-0.3, -0.25) is 4.79 Å². The number of nitrogens with one attached hydrogen (secondary N) is 1. The van der Waals surface area contributed by atoms with E-state index in [1.54, 1.807) is 0 Å². The van der Waals surface area contributed by atoms with E-state index in [1.807, 2.05) is 6.92 Å². The lowest BCUT2D eigenvalue weighted by Gasteiger charge is -2.34. The molecule has 0 aromatic rings. The van der Waals surface area contributed by atoms with Crippen LogP contribution in [0.5, 0.6) is 0 Å². The predicted molar refractivity (Wildman–Crippen MR) is 60.6 cm³/mol. The second-order valence-corrected chi connectivity index (χ2v) is 4.56. The van der Waals surface area contributed by atoms with E-state index in [2.05, 4.69) is 19.2 Å². The molecule has 0 saturated heterocycles. The van der Waals surface area contributed by atoms with Gasteiger partial charge >= 0.3 is 5.97 Å². The molecule has 0 aliphatic heterocycles. The molecule has 0 spiro atoms. The number of hydrogen-bond acceptors (Lipinski definition) is 3. The lowest BCUT2D eigenvalue weighted by atomic mass is 9.78. The highest BCUT2D eigenvalue weighted by atomic mass is 16.5. The number of ether oxygens (including phenoxy) is 1. The maximum Gasteiger partial charge on any atom is 0.319 e. The van der Waals surface area contributed by atoms with Crippen molar-refractivity contribution in [3.63, 3.8) is 0 Å². The summed E-state index contributed by atoms with van der Waals surface area (Å²) < 4.78 is 4.89. The van der Waals surface area contributed by atoms with E-state index in [0.717, 1.165) is 5.92 Å². The van der Waals surface area contributed by atoms with Gasteiger partial charge in [0, 0.05) is 6.04 Å². The van der Waals surface area contributed by atoms with Gasteiger partial charge in [-0.05, 0) is 25.2 Å². The van der Waals surface area contributed by atoms with Crippen molar-refractivity contribution in [1.82, 2.24) is 5.32 Å². The Kier molecular flexibility index (Phi) is 5.09. The van der Waals surface area contributed by atoms with Crippen LogP contribution in [0, 0.1) is 11.8 Å². The van der Waals surface area contributed by atoms with Crippen LogP contribution in [-0.4, -0.2) is 25.2 Å². The zero-order chi connectivity index (χ0) is 11.3. The minimum Gasteiger partial charge on any atom is -0.465 e. The molecule has 3 atom stereocenters. The van der Waals surface area contributed by atoms with Crippen LogP contribution >= 0.6 is 0 Å². The molecule has 88 valence electrons. The van der Waals surface area contributed by atoms with Crippen LogP contribution in [0.2, 0.25) is 0 Å². The van der Waals surface area contributed by atoms with E-state index in [-0.39, 0.29) is 5.97 Å². The first-order valence-corrected chi connectivity index (χ1v) is 6.04. The van der Waals surface area contributed by atoms with Gasteiger partial charge in [-0.2, -0.15) is 0 Å². The summed E-state index contributed by atoms with van der Waals surface area (Å²) in [4.78, 5) is 11.2. The van der Waals surface area contributed by atoms with Crippen LogP contribution in [-0.2, 0) is 9.53 Å². The molecule has 1 aliphatic carbocycles. The lowest BCUT2D eigenvalue weighted by molar-refractivity contribution is -0.142. The average molecular weight is 213 g/mol. The third kappa shape index (κ3) is 3.82. The Morgan fingerprint density at radius 1 is 1.40 bits per heavy atom. The molecule has 1 saturated carbocycles. The first-order chi connectivity index (χ1) is 7.15. The summed E-state index contributed by atoms with van der Waals surface area (Å²) in [6.07, 6.45) is 3.77. The smallest absolute Gasteiger partial charge is 0.319 e. The summed E-state index contributed by atoms with van der Waals surface area (Å²) in [5.41, 5.74) is 0. The summed E-state index contributed by atoms with van der Waals surface area (Å²) in [5, 5.41) is 3.31. The molecule has 1 aliphatic rings. The van der Waals surface area contributed by atoms with Gasteiger partial charge in [-0.25, -0.2) is 0 Å².